The van der Waals surface area contributed by atoms with Crippen molar-refractivity contribution < 1.29 is 22.8 Å². The Balaban J connectivity index is 1.55. The van der Waals surface area contributed by atoms with Gasteiger partial charge in [0, 0.05) is 24.4 Å². The number of carbonyl (C=O) groups is 2. The number of benzene rings is 1. The summed E-state index contributed by atoms with van der Waals surface area (Å²) in [4.78, 5) is 27.5. The number of nitrogens with one attached hydrogen (secondary N) is 3. The fourth-order valence-corrected chi connectivity index (χ4v) is 4.28. The molecule has 5 nitrogen and oxygen atoms in total. The number of aromatic nitrogens is 1. The van der Waals surface area contributed by atoms with Crippen LogP contribution < -0.4 is 10.6 Å². The van der Waals surface area contributed by atoms with E-state index in [1.165, 1.54) is 17.7 Å². The number of amides is 2. The number of aromatic amines is 1. The van der Waals surface area contributed by atoms with Gasteiger partial charge in [-0.1, -0.05) is 18.2 Å². The van der Waals surface area contributed by atoms with Gasteiger partial charge in [0.15, 0.2) is 0 Å². The van der Waals surface area contributed by atoms with Gasteiger partial charge in [0.2, 0.25) is 11.8 Å². The van der Waals surface area contributed by atoms with Gasteiger partial charge >= 0.3 is 6.18 Å². The summed E-state index contributed by atoms with van der Waals surface area (Å²) in [6.45, 7) is 0.554. The number of hydrogen-bond donors (Lipinski definition) is 3. The predicted octanol–water partition coefficient (Wildman–Crippen LogP) is 4.60. The highest BCUT2D eigenvalue weighted by atomic mass is 19.4. The second-order valence-corrected chi connectivity index (χ2v) is 8.33. The largest absolute Gasteiger partial charge is 0.416 e. The molecule has 8 heteroatoms. The number of aryl methyl sites for hydroxylation is 1. The van der Waals surface area contributed by atoms with Crippen LogP contribution in [0.15, 0.2) is 36.4 Å². The van der Waals surface area contributed by atoms with E-state index in [1.807, 2.05) is 6.07 Å². The molecule has 1 aliphatic heterocycles. The summed E-state index contributed by atoms with van der Waals surface area (Å²) in [6, 6.07) is 6.57. The Kier molecular flexibility index (Phi) is 6.39. The Morgan fingerprint density at radius 1 is 1.16 bits per heavy atom. The third-order valence-corrected chi connectivity index (χ3v) is 6.04. The molecule has 2 aliphatic rings. The highest BCUT2D eigenvalue weighted by molar-refractivity contribution is 5.89. The lowest BCUT2D eigenvalue weighted by molar-refractivity contribution is -0.137. The van der Waals surface area contributed by atoms with Crippen LogP contribution in [0.2, 0.25) is 0 Å². The zero-order valence-corrected chi connectivity index (χ0v) is 17.6. The van der Waals surface area contributed by atoms with Gasteiger partial charge in [0.25, 0.3) is 0 Å². The highest BCUT2D eigenvalue weighted by Crippen LogP contribution is 2.34. The van der Waals surface area contributed by atoms with Crippen molar-refractivity contribution in [3.8, 4) is 11.3 Å². The number of allylic oxidation sites excluding steroid dienone is 2. The van der Waals surface area contributed by atoms with Gasteiger partial charge in [0.05, 0.1) is 5.56 Å². The second kappa shape index (κ2) is 9.22. The fraction of sp³-hybridized carbons (Fsp3) is 0.417. The van der Waals surface area contributed by atoms with Gasteiger partial charge in [-0.2, -0.15) is 13.2 Å². The maximum absolute atomic E-state index is 13.0. The van der Waals surface area contributed by atoms with Crippen molar-refractivity contribution in [1.29, 1.82) is 0 Å². The zero-order chi connectivity index (χ0) is 22.7. The van der Waals surface area contributed by atoms with Crippen LogP contribution in [-0.2, 0) is 22.2 Å². The van der Waals surface area contributed by atoms with Crippen LogP contribution >= 0.6 is 0 Å². The first-order valence-corrected chi connectivity index (χ1v) is 11.0. The van der Waals surface area contributed by atoms with Gasteiger partial charge in [-0.25, -0.2) is 0 Å². The molecular weight excluding hydrogens is 419 g/mol. The summed E-state index contributed by atoms with van der Waals surface area (Å²) in [7, 11) is 0. The van der Waals surface area contributed by atoms with E-state index in [-0.39, 0.29) is 18.2 Å². The van der Waals surface area contributed by atoms with Crippen LogP contribution in [0.4, 0.5) is 13.2 Å². The van der Waals surface area contributed by atoms with E-state index in [2.05, 4.69) is 21.7 Å². The van der Waals surface area contributed by atoms with Gasteiger partial charge in [-0.3, -0.25) is 9.59 Å². The molecule has 2 heterocycles. The summed E-state index contributed by atoms with van der Waals surface area (Å²) >= 11 is 0. The van der Waals surface area contributed by atoms with E-state index >= 15 is 0 Å². The molecule has 1 saturated heterocycles. The first kappa shape index (κ1) is 22.2. The molecule has 0 bridgehead atoms. The van der Waals surface area contributed by atoms with Gasteiger partial charge in [-0.05, 0) is 73.4 Å². The highest BCUT2D eigenvalue weighted by Gasteiger charge is 2.30. The normalized spacial score (nSPS) is 18.9. The lowest BCUT2D eigenvalue weighted by Gasteiger charge is -2.11. The molecule has 1 unspecified atom stereocenters. The van der Waals surface area contributed by atoms with Crippen LogP contribution in [0.1, 0.15) is 55.3 Å². The van der Waals surface area contributed by atoms with Gasteiger partial charge < -0.3 is 15.6 Å². The monoisotopic (exact) mass is 445 g/mol. The Bertz CT molecular complexity index is 1020. The number of alkyl halides is 3. The first-order valence-electron chi connectivity index (χ1n) is 11.0. The number of H-pyrrole nitrogens is 1. The summed E-state index contributed by atoms with van der Waals surface area (Å²) in [5.74, 6) is -0.387. The minimum atomic E-state index is -4.39. The van der Waals surface area contributed by atoms with Crippen molar-refractivity contribution in [2.45, 2.75) is 57.2 Å². The Morgan fingerprint density at radius 2 is 1.94 bits per heavy atom. The van der Waals surface area contributed by atoms with Gasteiger partial charge in [0.1, 0.15) is 6.04 Å². The zero-order valence-electron chi connectivity index (χ0n) is 17.6. The summed E-state index contributed by atoms with van der Waals surface area (Å²) in [5.41, 5.74) is 3.70. The Hall–Kier alpha value is -3.03. The molecule has 1 aromatic carbocycles. The lowest BCUT2D eigenvalue weighted by Crippen LogP contribution is -2.40. The van der Waals surface area contributed by atoms with Crippen LogP contribution in [0.3, 0.4) is 0 Å². The topological polar surface area (TPSA) is 74.0 Å². The van der Waals surface area contributed by atoms with Crippen molar-refractivity contribution in [3.63, 3.8) is 0 Å². The van der Waals surface area contributed by atoms with E-state index in [4.69, 9.17) is 0 Å². The first-order chi connectivity index (χ1) is 15.3. The van der Waals surface area contributed by atoms with Crippen molar-refractivity contribution in [3.05, 3.63) is 53.2 Å². The van der Waals surface area contributed by atoms with Crippen molar-refractivity contribution in [2.24, 2.45) is 0 Å². The number of hydrogen-bond acceptors (Lipinski definition) is 2. The van der Waals surface area contributed by atoms with Crippen LogP contribution in [0, 0.1) is 0 Å². The van der Waals surface area contributed by atoms with Crippen molar-refractivity contribution >= 4 is 17.4 Å². The molecule has 2 aromatic rings. The smallest absolute Gasteiger partial charge is 0.355 e. The standard InChI is InChI=1S/C24H26F3N3O2/c25-24(26,27)18-9-6-16(7-10-18)22-17(14-20(30-22)15-4-2-1-3-5-15)8-11-21(31)29-19-12-13-28-23(19)32/h4,6-7,9-10,14,19,30H,1-3,5,8,11-13H2,(H,28,32)(H,29,31). The fourth-order valence-electron chi connectivity index (χ4n) is 4.28. The number of carbonyl (C=O) groups excluding carboxylic acids is 2. The van der Waals surface area contributed by atoms with Crippen LogP contribution in [0.25, 0.3) is 16.8 Å². The van der Waals surface area contributed by atoms with Crippen LogP contribution in [0.5, 0.6) is 0 Å². The SMILES string of the molecule is O=C(CCc1cc(C2=CCCCC2)[nH]c1-c1ccc(C(F)(F)F)cc1)NC1CCNC1=O. The third kappa shape index (κ3) is 5.06. The van der Waals surface area contributed by atoms with E-state index in [0.717, 1.165) is 54.8 Å². The summed E-state index contributed by atoms with van der Waals surface area (Å²) in [5, 5.41) is 5.44. The molecule has 0 saturated carbocycles. The third-order valence-electron chi connectivity index (χ3n) is 6.04. The molecule has 1 fully saturated rings. The number of halogens is 3. The van der Waals surface area contributed by atoms with E-state index < -0.39 is 17.8 Å². The molecular formula is C24H26F3N3O2. The van der Waals surface area contributed by atoms with E-state index in [1.54, 1.807) is 0 Å². The predicted molar refractivity (Wildman–Crippen MR) is 116 cm³/mol. The van der Waals surface area contributed by atoms with E-state index in [9.17, 15) is 22.8 Å². The lowest BCUT2D eigenvalue weighted by atomic mass is 9.97. The average molecular weight is 445 g/mol. The molecule has 2 amide bonds. The van der Waals surface area contributed by atoms with Crippen molar-refractivity contribution in [2.75, 3.05) is 6.54 Å². The Morgan fingerprint density at radius 3 is 2.56 bits per heavy atom. The molecule has 32 heavy (non-hydrogen) atoms. The molecule has 0 spiro atoms. The van der Waals surface area contributed by atoms with Crippen molar-refractivity contribution in [1.82, 2.24) is 15.6 Å². The molecule has 4 rings (SSSR count). The minimum absolute atomic E-state index is 0.169. The quantitative estimate of drug-likeness (QED) is 0.608. The summed E-state index contributed by atoms with van der Waals surface area (Å²) < 4.78 is 38.9. The van der Waals surface area contributed by atoms with Gasteiger partial charge in [-0.15, -0.1) is 0 Å². The summed E-state index contributed by atoms with van der Waals surface area (Å²) in [6.07, 6.45) is 3.19. The molecule has 1 aliphatic carbocycles. The van der Waals surface area contributed by atoms with E-state index in [0.29, 0.717) is 24.9 Å². The molecule has 1 aromatic heterocycles. The maximum atomic E-state index is 13.0. The minimum Gasteiger partial charge on any atom is -0.355 e. The molecule has 170 valence electrons. The molecule has 1 atom stereocenters. The maximum Gasteiger partial charge on any atom is 0.416 e. The molecule has 0 radical (unpaired) electrons. The number of rotatable bonds is 6. The molecule has 3 N–H and O–H groups in total. The average Bonchev–Trinajstić information content (AvgIpc) is 3.39. The second-order valence-electron chi connectivity index (χ2n) is 8.33. The Labute approximate surface area is 184 Å². The van der Waals surface area contributed by atoms with Crippen LogP contribution in [-0.4, -0.2) is 29.4 Å².